The number of amides is 1. The largest absolute Gasteiger partial charge is 0.497 e. The van der Waals surface area contributed by atoms with Crippen LogP contribution in [0, 0.1) is 5.92 Å². The first-order valence-corrected chi connectivity index (χ1v) is 10.9. The van der Waals surface area contributed by atoms with Crippen LogP contribution in [0.4, 0.5) is 0 Å². The van der Waals surface area contributed by atoms with Crippen LogP contribution in [-0.4, -0.2) is 53.4 Å². The Kier molecular flexibility index (Phi) is 6.54. The van der Waals surface area contributed by atoms with Crippen molar-refractivity contribution in [3.8, 4) is 22.7 Å². The first-order chi connectivity index (χ1) is 15.6. The van der Waals surface area contributed by atoms with Gasteiger partial charge in [-0.25, -0.2) is 4.68 Å². The van der Waals surface area contributed by atoms with Crippen LogP contribution in [0.3, 0.4) is 0 Å². The molecule has 1 fully saturated rings. The number of esters is 1. The lowest BCUT2D eigenvalue weighted by atomic mass is 9.98. The van der Waals surface area contributed by atoms with Gasteiger partial charge in [0.2, 0.25) is 0 Å². The number of methoxy groups -OCH3 is 1. The summed E-state index contributed by atoms with van der Waals surface area (Å²) in [5.74, 6) is 0.0483. The molecule has 4 rings (SSSR count). The van der Waals surface area contributed by atoms with Gasteiger partial charge in [-0.05, 0) is 50.1 Å². The number of benzene rings is 2. The highest BCUT2D eigenvalue weighted by molar-refractivity contribution is 5.95. The fourth-order valence-corrected chi connectivity index (χ4v) is 3.98. The highest BCUT2D eigenvalue weighted by atomic mass is 16.5. The molecule has 1 atom stereocenters. The van der Waals surface area contributed by atoms with Crippen molar-refractivity contribution in [1.82, 2.24) is 14.7 Å². The second kappa shape index (κ2) is 9.68. The first-order valence-electron chi connectivity index (χ1n) is 10.9. The Morgan fingerprint density at radius 2 is 1.84 bits per heavy atom. The molecule has 32 heavy (non-hydrogen) atoms. The third kappa shape index (κ3) is 4.51. The molecule has 3 aromatic rings. The molecule has 1 amide bonds. The van der Waals surface area contributed by atoms with Gasteiger partial charge in [-0.1, -0.05) is 30.3 Å². The number of aromatic nitrogens is 2. The molecule has 0 radical (unpaired) electrons. The average Bonchev–Trinajstić information content (AvgIpc) is 3.30. The molecule has 1 aromatic heterocycles. The molecule has 2 aromatic carbocycles. The van der Waals surface area contributed by atoms with E-state index in [-0.39, 0.29) is 17.8 Å². The third-order valence-corrected chi connectivity index (χ3v) is 5.64. The summed E-state index contributed by atoms with van der Waals surface area (Å²) in [6.07, 6.45) is 1.49. The number of hydrogen-bond donors (Lipinski definition) is 0. The third-order valence-electron chi connectivity index (χ3n) is 5.64. The van der Waals surface area contributed by atoms with E-state index in [0.29, 0.717) is 31.1 Å². The second-order valence-corrected chi connectivity index (χ2v) is 7.73. The van der Waals surface area contributed by atoms with Crippen molar-refractivity contribution in [2.75, 3.05) is 26.8 Å². The van der Waals surface area contributed by atoms with E-state index in [1.165, 1.54) is 0 Å². The molecule has 0 aliphatic carbocycles. The van der Waals surface area contributed by atoms with Crippen LogP contribution in [-0.2, 0) is 9.53 Å². The summed E-state index contributed by atoms with van der Waals surface area (Å²) < 4.78 is 12.1. The second-order valence-electron chi connectivity index (χ2n) is 7.73. The Labute approximate surface area is 187 Å². The van der Waals surface area contributed by atoms with Gasteiger partial charge in [0.05, 0.1) is 31.0 Å². The van der Waals surface area contributed by atoms with Crippen LogP contribution in [0.15, 0.2) is 60.7 Å². The van der Waals surface area contributed by atoms with Crippen LogP contribution in [0.25, 0.3) is 16.9 Å². The maximum atomic E-state index is 13.6. The van der Waals surface area contributed by atoms with E-state index < -0.39 is 0 Å². The number of likely N-dealkylation sites (tertiary alicyclic amines) is 1. The number of carbonyl (C=O) groups is 2. The summed E-state index contributed by atoms with van der Waals surface area (Å²) in [6.45, 7) is 3.09. The maximum absolute atomic E-state index is 13.6. The average molecular weight is 434 g/mol. The standard InChI is InChI=1S/C25H27N3O4/c1-3-32-25(30)19-10-7-15-27(17-19)24(29)23-16-22(18-8-5-4-6-9-18)26-28(23)20-11-13-21(31-2)14-12-20/h4-6,8-9,11-14,16,19H,3,7,10,15,17H2,1-2H3. The molecule has 1 aliphatic heterocycles. The molecule has 0 spiro atoms. The highest BCUT2D eigenvalue weighted by Gasteiger charge is 2.31. The topological polar surface area (TPSA) is 73.7 Å². The van der Waals surface area contributed by atoms with Gasteiger partial charge in [0.25, 0.3) is 5.91 Å². The lowest BCUT2D eigenvalue weighted by Gasteiger charge is -2.31. The summed E-state index contributed by atoms with van der Waals surface area (Å²) in [4.78, 5) is 27.6. The number of rotatable bonds is 6. The van der Waals surface area contributed by atoms with Gasteiger partial charge in [-0.3, -0.25) is 9.59 Å². The SMILES string of the molecule is CCOC(=O)C1CCCN(C(=O)c2cc(-c3ccccc3)nn2-c2ccc(OC)cc2)C1. The van der Waals surface area contributed by atoms with Crippen LogP contribution < -0.4 is 4.74 Å². The number of hydrogen-bond acceptors (Lipinski definition) is 5. The molecule has 7 heteroatoms. The van der Waals surface area contributed by atoms with Crippen LogP contribution in [0.2, 0.25) is 0 Å². The molecule has 166 valence electrons. The molecule has 1 aliphatic rings. The van der Waals surface area contributed by atoms with Crippen LogP contribution in [0.1, 0.15) is 30.3 Å². The number of ether oxygens (including phenoxy) is 2. The molecule has 0 saturated carbocycles. The van der Waals surface area contributed by atoms with E-state index in [4.69, 9.17) is 14.6 Å². The van der Waals surface area contributed by atoms with E-state index in [0.717, 1.165) is 29.8 Å². The van der Waals surface area contributed by atoms with E-state index >= 15 is 0 Å². The van der Waals surface area contributed by atoms with Gasteiger partial charge >= 0.3 is 5.97 Å². The quantitative estimate of drug-likeness (QED) is 0.550. The summed E-state index contributed by atoms with van der Waals surface area (Å²) >= 11 is 0. The lowest BCUT2D eigenvalue weighted by Crippen LogP contribution is -2.43. The zero-order valence-corrected chi connectivity index (χ0v) is 18.4. The Morgan fingerprint density at radius 1 is 1.09 bits per heavy atom. The molecule has 1 unspecified atom stereocenters. The molecular weight excluding hydrogens is 406 g/mol. The minimum atomic E-state index is -0.293. The summed E-state index contributed by atoms with van der Waals surface area (Å²) in [5.41, 5.74) is 2.86. The zero-order chi connectivity index (χ0) is 22.5. The smallest absolute Gasteiger partial charge is 0.310 e. The summed E-state index contributed by atoms with van der Waals surface area (Å²) in [5, 5.41) is 4.74. The Balaban J connectivity index is 1.68. The number of piperidine rings is 1. The summed E-state index contributed by atoms with van der Waals surface area (Å²) in [6, 6.07) is 19.0. The number of nitrogens with zero attached hydrogens (tertiary/aromatic N) is 3. The van der Waals surface area contributed by atoms with Crippen molar-refractivity contribution in [3.05, 3.63) is 66.4 Å². The van der Waals surface area contributed by atoms with Gasteiger partial charge in [-0.15, -0.1) is 0 Å². The van der Waals surface area contributed by atoms with Crippen LogP contribution in [0.5, 0.6) is 5.75 Å². The van der Waals surface area contributed by atoms with E-state index in [9.17, 15) is 9.59 Å². The van der Waals surface area contributed by atoms with Crippen molar-refractivity contribution in [1.29, 1.82) is 0 Å². The highest BCUT2D eigenvalue weighted by Crippen LogP contribution is 2.26. The van der Waals surface area contributed by atoms with Crippen molar-refractivity contribution in [3.63, 3.8) is 0 Å². The van der Waals surface area contributed by atoms with Crippen molar-refractivity contribution >= 4 is 11.9 Å². The molecule has 0 N–H and O–H groups in total. The van der Waals surface area contributed by atoms with Crippen LogP contribution >= 0.6 is 0 Å². The fourth-order valence-electron chi connectivity index (χ4n) is 3.98. The normalized spacial score (nSPS) is 15.9. The molecule has 2 heterocycles. The molecule has 1 saturated heterocycles. The Bertz CT molecular complexity index is 1080. The van der Waals surface area contributed by atoms with Gasteiger partial charge in [0.1, 0.15) is 11.4 Å². The minimum Gasteiger partial charge on any atom is -0.497 e. The Morgan fingerprint density at radius 3 is 2.53 bits per heavy atom. The van der Waals surface area contributed by atoms with Gasteiger partial charge in [-0.2, -0.15) is 5.10 Å². The van der Waals surface area contributed by atoms with Gasteiger partial charge in [0, 0.05) is 18.7 Å². The maximum Gasteiger partial charge on any atom is 0.310 e. The number of carbonyl (C=O) groups excluding carboxylic acids is 2. The van der Waals surface area contributed by atoms with Gasteiger partial charge < -0.3 is 14.4 Å². The van der Waals surface area contributed by atoms with E-state index in [2.05, 4.69) is 0 Å². The minimum absolute atomic E-state index is 0.149. The predicted octanol–water partition coefficient (Wildman–Crippen LogP) is 3.96. The molecule has 7 nitrogen and oxygen atoms in total. The van der Waals surface area contributed by atoms with E-state index in [1.807, 2.05) is 60.7 Å². The molecule has 0 bridgehead atoms. The van der Waals surface area contributed by atoms with E-state index in [1.54, 1.807) is 23.6 Å². The summed E-state index contributed by atoms with van der Waals surface area (Å²) in [7, 11) is 1.61. The van der Waals surface area contributed by atoms with Crippen molar-refractivity contribution in [2.45, 2.75) is 19.8 Å². The predicted molar refractivity (Wildman–Crippen MR) is 121 cm³/mol. The lowest BCUT2D eigenvalue weighted by molar-refractivity contribution is -0.149. The zero-order valence-electron chi connectivity index (χ0n) is 18.4. The molecular formula is C25H27N3O4. The monoisotopic (exact) mass is 433 g/mol. The first kappa shape index (κ1) is 21.6. The van der Waals surface area contributed by atoms with Crippen molar-refractivity contribution in [2.24, 2.45) is 5.92 Å². The fraction of sp³-hybridized carbons (Fsp3) is 0.320. The van der Waals surface area contributed by atoms with Gasteiger partial charge in [0.15, 0.2) is 0 Å². The Hall–Kier alpha value is -3.61. The van der Waals surface area contributed by atoms with Crippen molar-refractivity contribution < 1.29 is 19.1 Å².